The van der Waals surface area contributed by atoms with Crippen LogP contribution in [-0.4, -0.2) is 16.2 Å². The summed E-state index contributed by atoms with van der Waals surface area (Å²) in [6.07, 6.45) is 0. The van der Waals surface area contributed by atoms with Gasteiger partial charge in [0, 0.05) is 25.1 Å². The molecule has 1 heterocycles. The fraction of sp³-hybridized carbons (Fsp3) is 0.467. The van der Waals surface area contributed by atoms with Crippen LogP contribution in [0.25, 0.3) is 0 Å². The second-order valence-corrected chi connectivity index (χ2v) is 5.17. The molecule has 0 atom stereocenters. The molecule has 0 saturated heterocycles. The van der Waals surface area contributed by atoms with Crippen LogP contribution in [0.15, 0.2) is 22.7 Å². The number of rotatable bonds is 6. The normalized spacial score (nSPS) is 11.1. The van der Waals surface area contributed by atoms with Gasteiger partial charge in [0.15, 0.2) is 6.61 Å². The Bertz CT molecular complexity index is 564. The highest BCUT2D eigenvalue weighted by atomic mass is 16.5. The van der Waals surface area contributed by atoms with E-state index in [1.807, 2.05) is 12.1 Å². The monoisotopic (exact) mass is 275 g/mol. The van der Waals surface area contributed by atoms with Crippen molar-refractivity contribution in [2.75, 3.05) is 0 Å². The fourth-order valence-corrected chi connectivity index (χ4v) is 1.84. The second kappa shape index (κ2) is 6.52. The Morgan fingerprint density at radius 1 is 1.30 bits per heavy atom. The Morgan fingerprint density at radius 2 is 2.10 bits per heavy atom. The van der Waals surface area contributed by atoms with Crippen LogP contribution in [0.4, 0.5) is 0 Å². The van der Waals surface area contributed by atoms with Crippen molar-refractivity contribution in [3.8, 4) is 5.75 Å². The summed E-state index contributed by atoms with van der Waals surface area (Å²) in [5.74, 6) is 1.96. The summed E-state index contributed by atoms with van der Waals surface area (Å²) in [6.45, 7) is 9.18. The Labute approximate surface area is 119 Å². The molecule has 0 unspecified atom stereocenters. The van der Waals surface area contributed by atoms with Gasteiger partial charge in [-0.25, -0.2) is 0 Å². The van der Waals surface area contributed by atoms with E-state index in [1.54, 1.807) is 6.92 Å². The Kier molecular flexibility index (Phi) is 4.74. The highest BCUT2D eigenvalue weighted by Crippen LogP contribution is 2.21. The molecular formula is C15H21N3O2. The number of benzene rings is 1. The first kappa shape index (κ1) is 14.5. The molecular weight excluding hydrogens is 254 g/mol. The summed E-state index contributed by atoms with van der Waals surface area (Å²) in [6, 6.07) is 6.59. The van der Waals surface area contributed by atoms with E-state index in [1.165, 1.54) is 5.56 Å². The van der Waals surface area contributed by atoms with Crippen molar-refractivity contribution in [1.29, 1.82) is 0 Å². The van der Waals surface area contributed by atoms with Crippen LogP contribution >= 0.6 is 0 Å². The average Bonchev–Trinajstić information content (AvgIpc) is 2.81. The van der Waals surface area contributed by atoms with E-state index >= 15 is 0 Å². The van der Waals surface area contributed by atoms with Crippen LogP contribution in [-0.2, 0) is 13.2 Å². The minimum atomic E-state index is 0.315. The first-order valence-corrected chi connectivity index (χ1v) is 6.79. The maximum Gasteiger partial charge on any atom is 0.223 e. The summed E-state index contributed by atoms with van der Waals surface area (Å²) in [5.41, 5.74) is 2.35. The van der Waals surface area contributed by atoms with Gasteiger partial charge in [0.25, 0.3) is 0 Å². The molecule has 0 fully saturated rings. The maximum atomic E-state index is 5.80. The molecule has 0 bridgehead atoms. The van der Waals surface area contributed by atoms with Gasteiger partial charge in [0.2, 0.25) is 11.7 Å². The number of nitrogens with one attached hydrogen (secondary N) is 1. The third kappa shape index (κ3) is 4.06. The lowest BCUT2D eigenvalue weighted by molar-refractivity contribution is 0.282. The molecule has 5 heteroatoms. The van der Waals surface area contributed by atoms with Crippen molar-refractivity contribution < 1.29 is 9.26 Å². The zero-order chi connectivity index (χ0) is 14.5. The summed E-state index contributed by atoms with van der Waals surface area (Å²) >= 11 is 0. The Balaban J connectivity index is 2.05. The standard InChI is InChI=1S/C15H21N3O2/c1-10(2)16-8-13-7-11(3)5-6-14(13)19-9-15-17-12(4)20-18-15/h5-7,10,16H,8-9H2,1-4H3. The molecule has 0 radical (unpaired) electrons. The highest BCUT2D eigenvalue weighted by molar-refractivity contribution is 5.36. The van der Waals surface area contributed by atoms with E-state index < -0.39 is 0 Å². The predicted octanol–water partition coefficient (Wildman–Crippen LogP) is 2.76. The van der Waals surface area contributed by atoms with E-state index in [4.69, 9.17) is 9.26 Å². The molecule has 0 aliphatic heterocycles. The lowest BCUT2D eigenvalue weighted by atomic mass is 10.1. The quantitative estimate of drug-likeness (QED) is 0.878. The lowest BCUT2D eigenvalue weighted by Crippen LogP contribution is -2.22. The van der Waals surface area contributed by atoms with Gasteiger partial charge in [-0.15, -0.1) is 0 Å². The van der Waals surface area contributed by atoms with Crippen LogP contribution < -0.4 is 10.1 Å². The molecule has 0 spiro atoms. The van der Waals surface area contributed by atoms with Crippen molar-refractivity contribution in [1.82, 2.24) is 15.5 Å². The van der Waals surface area contributed by atoms with Crippen molar-refractivity contribution >= 4 is 0 Å². The molecule has 108 valence electrons. The van der Waals surface area contributed by atoms with Crippen LogP contribution in [0.3, 0.4) is 0 Å². The SMILES string of the molecule is Cc1ccc(OCc2noc(C)n2)c(CNC(C)C)c1. The molecule has 0 saturated carbocycles. The van der Waals surface area contributed by atoms with Gasteiger partial charge in [-0.2, -0.15) is 4.98 Å². The Morgan fingerprint density at radius 3 is 2.75 bits per heavy atom. The molecule has 1 aromatic carbocycles. The van der Waals surface area contributed by atoms with Gasteiger partial charge in [-0.3, -0.25) is 0 Å². The van der Waals surface area contributed by atoms with E-state index in [0.29, 0.717) is 24.4 Å². The van der Waals surface area contributed by atoms with Crippen molar-refractivity contribution in [2.24, 2.45) is 0 Å². The second-order valence-electron chi connectivity index (χ2n) is 5.17. The van der Waals surface area contributed by atoms with E-state index in [9.17, 15) is 0 Å². The van der Waals surface area contributed by atoms with Gasteiger partial charge in [0.1, 0.15) is 5.75 Å². The predicted molar refractivity (Wildman–Crippen MR) is 76.5 cm³/mol. The van der Waals surface area contributed by atoms with Crippen molar-refractivity contribution in [3.05, 3.63) is 41.0 Å². The molecule has 5 nitrogen and oxygen atoms in total. The first-order valence-electron chi connectivity index (χ1n) is 6.79. The van der Waals surface area contributed by atoms with Crippen LogP contribution in [0.1, 0.15) is 36.7 Å². The molecule has 0 amide bonds. The average molecular weight is 275 g/mol. The van der Waals surface area contributed by atoms with Gasteiger partial charge >= 0.3 is 0 Å². The number of aromatic nitrogens is 2. The molecule has 0 aliphatic carbocycles. The zero-order valence-corrected chi connectivity index (χ0v) is 12.4. The van der Waals surface area contributed by atoms with Gasteiger partial charge in [0.05, 0.1) is 0 Å². The molecule has 2 rings (SSSR count). The van der Waals surface area contributed by atoms with Gasteiger partial charge < -0.3 is 14.6 Å². The van der Waals surface area contributed by atoms with E-state index in [2.05, 4.69) is 42.3 Å². The number of hydrogen-bond acceptors (Lipinski definition) is 5. The van der Waals surface area contributed by atoms with Crippen molar-refractivity contribution in [3.63, 3.8) is 0 Å². The van der Waals surface area contributed by atoms with Crippen LogP contribution in [0, 0.1) is 13.8 Å². The molecule has 2 aromatic rings. The third-order valence-electron chi connectivity index (χ3n) is 2.84. The topological polar surface area (TPSA) is 60.2 Å². The summed E-state index contributed by atoms with van der Waals surface area (Å²) in [5, 5.41) is 7.23. The Hall–Kier alpha value is -1.88. The molecule has 20 heavy (non-hydrogen) atoms. The smallest absolute Gasteiger partial charge is 0.223 e. The minimum absolute atomic E-state index is 0.315. The molecule has 1 aromatic heterocycles. The lowest BCUT2D eigenvalue weighted by Gasteiger charge is -2.13. The molecule has 1 N–H and O–H groups in total. The van der Waals surface area contributed by atoms with Crippen molar-refractivity contribution in [2.45, 2.75) is 46.9 Å². The zero-order valence-electron chi connectivity index (χ0n) is 12.4. The maximum absolute atomic E-state index is 5.80. The number of ether oxygens (including phenoxy) is 1. The molecule has 0 aliphatic rings. The van der Waals surface area contributed by atoms with Crippen LogP contribution in [0.2, 0.25) is 0 Å². The van der Waals surface area contributed by atoms with E-state index in [0.717, 1.165) is 17.9 Å². The summed E-state index contributed by atoms with van der Waals surface area (Å²) < 4.78 is 10.7. The van der Waals surface area contributed by atoms with Gasteiger partial charge in [-0.05, 0) is 13.0 Å². The minimum Gasteiger partial charge on any atom is -0.485 e. The number of nitrogens with zero attached hydrogens (tertiary/aromatic N) is 2. The highest BCUT2D eigenvalue weighted by Gasteiger charge is 2.08. The van der Waals surface area contributed by atoms with Gasteiger partial charge in [-0.1, -0.05) is 36.7 Å². The fourth-order valence-electron chi connectivity index (χ4n) is 1.84. The van der Waals surface area contributed by atoms with E-state index in [-0.39, 0.29) is 0 Å². The third-order valence-corrected chi connectivity index (χ3v) is 2.84. The first-order chi connectivity index (χ1) is 9.54. The summed E-state index contributed by atoms with van der Waals surface area (Å²) in [4.78, 5) is 4.13. The summed E-state index contributed by atoms with van der Waals surface area (Å²) in [7, 11) is 0. The number of aryl methyl sites for hydroxylation is 2. The number of hydrogen-bond donors (Lipinski definition) is 1. The largest absolute Gasteiger partial charge is 0.485 e. The van der Waals surface area contributed by atoms with Crippen LogP contribution in [0.5, 0.6) is 5.75 Å².